The Hall–Kier alpha value is -1.16. The molecule has 1 aromatic carbocycles. The number of aryl methyl sites for hydroxylation is 1. The standard InChI is InChI=1S/C12H13BrN2O/c1-3-10(13)12-15-14-11(16-12)9-6-4-5-8(2)7-9/h4-7,10H,3H2,1-2H3. The Kier molecular flexibility index (Phi) is 3.39. The molecular weight excluding hydrogens is 268 g/mol. The van der Waals surface area contributed by atoms with Gasteiger partial charge in [-0.25, -0.2) is 0 Å². The second-order valence-corrected chi connectivity index (χ2v) is 4.80. The van der Waals surface area contributed by atoms with Crippen LogP contribution < -0.4 is 0 Å². The van der Waals surface area contributed by atoms with Gasteiger partial charge >= 0.3 is 0 Å². The zero-order valence-electron chi connectivity index (χ0n) is 9.27. The second-order valence-electron chi connectivity index (χ2n) is 3.69. The molecule has 2 rings (SSSR count). The maximum Gasteiger partial charge on any atom is 0.247 e. The van der Waals surface area contributed by atoms with Crippen LogP contribution in [0.5, 0.6) is 0 Å². The molecule has 0 amide bonds. The summed E-state index contributed by atoms with van der Waals surface area (Å²) in [6.07, 6.45) is 0.926. The van der Waals surface area contributed by atoms with Gasteiger partial charge in [0.05, 0.1) is 4.83 Å². The molecule has 1 unspecified atom stereocenters. The van der Waals surface area contributed by atoms with E-state index in [1.54, 1.807) is 0 Å². The number of hydrogen-bond donors (Lipinski definition) is 0. The average Bonchev–Trinajstić information content (AvgIpc) is 2.77. The molecule has 1 heterocycles. The minimum absolute atomic E-state index is 0.138. The van der Waals surface area contributed by atoms with Gasteiger partial charge in [-0.2, -0.15) is 0 Å². The van der Waals surface area contributed by atoms with Gasteiger partial charge in [-0.1, -0.05) is 40.5 Å². The van der Waals surface area contributed by atoms with Crippen molar-refractivity contribution in [2.45, 2.75) is 25.1 Å². The number of hydrogen-bond acceptors (Lipinski definition) is 3. The zero-order valence-corrected chi connectivity index (χ0v) is 10.9. The molecule has 0 aliphatic heterocycles. The van der Waals surface area contributed by atoms with Gasteiger partial charge in [0.15, 0.2) is 0 Å². The lowest BCUT2D eigenvalue weighted by atomic mass is 10.1. The lowest BCUT2D eigenvalue weighted by molar-refractivity contribution is 0.500. The van der Waals surface area contributed by atoms with Crippen molar-refractivity contribution in [3.63, 3.8) is 0 Å². The quantitative estimate of drug-likeness (QED) is 0.801. The fourth-order valence-corrected chi connectivity index (χ4v) is 1.62. The molecule has 3 nitrogen and oxygen atoms in total. The van der Waals surface area contributed by atoms with Gasteiger partial charge in [-0.05, 0) is 25.5 Å². The fourth-order valence-electron chi connectivity index (χ4n) is 1.43. The smallest absolute Gasteiger partial charge is 0.247 e. The molecule has 0 aliphatic carbocycles. The maximum absolute atomic E-state index is 5.61. The first kappa shape index (κ1) is 11.3. The Balaban J connectivity index is 2.31. The van der Waals surface area contributed by atoms with Crippen LogP contribution in [0.25, 0.3) is 11.5 Å². The van der Waals surface area contributed by atoms with Crippen molar-refractivity contribution in [1.82, 2.24) is 10.2 Å². The van der Waals surface area contributed by atoms with E-state index in [1.807, 2.05) is 31.2 Å². The molecule has 0 saturated carbocycles. The molecule has 0 spiro atoms. The van der Waals surface area contributed by atoms with Crippen LogP contribution in [0.3, 0.4) is 0 Å². The molecule has 84 valence electrons. The Labute approximate surface area is 103 Å². The number of alkyl halides is 1. The first-order chi connectivity index (χ1) is 7.70. The topological polar surface area (TPSA) is 38.9 Å². The third-order valence-corrected chi connectivity index (χ3v) is 3.37. The molecule has 1 atom stereocenters. The van der Waals surface area contributed by atoms with Gasteiger partial charge in [0.2, 0.25) is 11.8 Å². The van der Waals surface area contributed by atoms with Gasteiger partial charge < -0.3 is 4.42 Å². The monoisotopic (exact) mass is 280 g/mol. The molecule has 4 heteroatoms. The van der Waals surface area contributed by atoms with Crippen molar-refractivity contribution in [3.05, 3.63) is 35.7 Å². The third-order valence-electron chi connectivity index (χ3n) is 2.33. The molecule has 1 aromatic heterocycles. The van der Waals surface area contributed by atoms with Crippen molar-refractivity contribution < 1.29 is 4.42 Å². The van der Waals surface area contributed by atoms with E-state index < -0.39 is 0 Å². The van der Waals surface area contributed by atoms with E-state index in [0.29, 0.717) is 11.8 Å². The van der Waals surface area contributed by atoms with E-state index >= 15 is 0 Å². The highest BCUT2D eigenvalue weighted by Gasteiger charge is 2.14. The first-order valence-corrected chi connectivity index (χ1v) is 6.16. The van der Waals surface area contributed by atoms with Crippen LogP contribution in [0.1, 0.15) is 29.6 Å². The van der Waals surface area contributed by atoms with Crippen LogP contribution in [0.15, 0.2) is 28.7 Å². The minimum Gasteiger partial charge on any atom is -0.419 e. The molecule has 2 aromatic rings. The summed E-state index contributed by atoms with van der Waals surface area (Å²) in [6, 6.07) is 8.03. The fraction of sp³-hybridized carbons (Fsp3) is 0.333. The highest BCUT2D eigenvalue weighted by molar-refractivity contribution is 9.09. The van der Waals surface area contributed by atoms with Crippen LogP contribution in [0, 0.1) is 6.92 Å². The van der Waals surface area contributed by atoms with Crippen molar-refractivity contribution in [2.75, 3.05) is 0 Å². The summed E-state index contributed by atoms with van der Waals surface area (Å²) >= 11 is 3.49. The molecule has 0 fully saturated rings. The number of aromatic nitrogens is 2. The predicted molar refractivity (Wildman–Crippen MR) is 66.4 cm³/mol. The van der Waals surface area contributed by atoms with E-state index in [2.05, 4.69) is 33.1 Å². The third kappa shape index (κ3) is 2.32. The second kappa shape index (κ2) is 4.78. The number of halogens is 1. The Morgan fingerprint density at radius 2 is 2.19 bits per heavy atom. The average molecular weight is 281 g/mol. The number of nitrogens with zero attached hydrogens (tertiary/aromatic N) is 2. The predicted octanol–water partition coefficient (Wildman–Crippen LogP) is 3.89. The zero-order chi connectivity index (χ0) is 11.5. The normalized spacial score (nSPS) is 12.7. The summed E-state index contributed by atoms with van der Waals surface area (Å²) in [7, 11) is 0. The van der Waals surface area contributed by atoms with E-state index in [1.165, 1.54) is 5.56 Å². The summed E-state index contributed by atoms with van der Waals surface area (Å²) in [5.41, 5.74) is 2.15. The van der Waals surface area contributed by atoms with Crippen LogP contribution >= 0.6 is 15.9 Å². The molecule has 0 N–H and O–H groups in total. The minimum atomic E-state index is 0.138. The van der Waals surface area contributed by atoms with Crippen LogP contribution in [-0.4, -0.2) is 10.2 Å². The molecular formula is C12H13BrN2O. The largest absolute Gasteiger partial charge is 0.419 e. The summed E-state index contributed by atoms with van der Waals surface area (Å²) in [5, 5.41) is 8.08. The Bertz CT molecular complexity index is 481. The lowest BCUT2D eigenvalue weighted by Gasteiger charge is -1.98. The van der Waals surface area contributed by atoms with Crippen molar-refractivity contribution in [1.29, 1.82) is 0 Å². The van der Waals surface area contributed by atoms with Crippen molar-refractivity contribution in [3.8, 4) is 11.5 Å². The molecule has 0 radical (unpaired) electrons. The van der Waals surface area contributed by atoms with Gasteiger partial charge in [0.1, 0.15) is 0 Å². The highest BCUT2D eigenvalue weighted by Crippen LogP contribution is 2.27. The summed E-state index contributed by atoms with van der Waals surface area (Å²) in [5.74, 6) is 1.22. The number of benzene rings is 1. The van der Waals surface area contributed by atoms with Crippen LogP contribution in [0.4, 0.5) is 0 Å². The van der Waals surface area contributed by atoms with E-state index in [4.69, 9.17) is 4.42 Å². The highest BCUT2D eigenvalue weighted by atomic mass is 79.9. The van der Waals surface area contributed by atoms with Crippen LogP contribution in [0.2, 0.25) is 0 Å². The summed E-state index contributed by atoms with van der Waals surface area (Å²) in [6.45, 7) is 4.11. The van der Waals surface area contributed by atoms with Gasteiger partial charge in [0.25, 0.3) is 0 Å². The first-order valence-electron chi connectivity index (χ1n) is 5.25. The Morgan fingerprint density at radius 3 is 2.88 bits per heavy atom. The summed E-state index contributed by atoms with van der Waals surface area (Å²) in [4.78, 5) is 0.138. The van der Waals surface area contributed by atoms with E-state index in [0.717, 1.165) is 12.0 Å². The van der Waals surface area contributed by atoms with Gasteiger partial charge in [0, 0.05) is 5.56 Å². The summed E-state index contributed by atoms with van der Waals surface area (Å²) < 4.78 is 5.61. The molecule has 0 aliphatic rings. The van der Waals surface area contributed by atoms with Gasteiger partial charge in [-0.3, -0.25) is 0 Å². The number of rotatable bonds is 3. The van der Waals surface area contributed by atoms with Crippen molar-refractivity contribution >= 4 is 15.9 Å². The molecule has 16 heavy (non-hydrogen) atoms. The van der Waals surface area contributed by atoms with Crippen molar-refractivity contribution in [2.24, 2.45) is 0 Å². The maximum atomic E-state index is 5.61. The van der Waals surface area contributed by atoms with Crippen LogP contribution in [-0.2, 0) is 0 Å². The van der Waals surface area contributed by atoms with Gasteiger partial charge in [-0.15, -0.1) is 10.2 Å². The molecule has 0 bridgehead atoms. The molecule has 0 saturated heterocycles. The van der Waals surface area contributed by atoms with E-state index in [9.17, 15) is 0 Å². The SMILES string of the molecule is CCC(Br)c1nnc(-c2cccc(C)c2)o1. The Morgan fingerprint density at radius 1 is 1.38 bits per heavy atom. The van der Waals surface area contributed by atoms with E-state index in [-0.39, 0.29) is 4.83 Å². The lowest BCUT2D eigenvalue weighted by Crippen LogP contribution is -1.86.